The molecule has 0 unspecified atom stereocenters. The van der Waals surface area contributed by atoms with E-state index in [-0.39, 0.29) is 18.4 Å². The molecule has 1 aromatic heterocycles. The zero-order valence-electron chi connectivity index (χ0n) is 12.6. The number of hydrogen-bond donors (Lipinski definition) is 3. The molecule has 126 valence electrons. The van der Waals surface area contributed by atoms with Gasteiger partial charge in [0.2, 0.25) is 0 Å². The van der Waals surface area contributed by atoms with Gasteiger partial charge < -0.3 is 15.5 Å². The number of fused-ring (bicyclic) bond motifs is 1. The summed E-state index contributed by atoms with van der Waals surface area (Å²) in [5.74, 6) is -2.64. The predicted octanol–water partition coefficient (Wildman–Crippen LogP) is 3.28. The second-order valence-corrected chi connectivity index (χ2v) is 5.75. The summed E-state index contributed by atoms with van der Waals surface area (Å²) in [6.45, 7) is 0. The number of amides is 1. The number of carboxylic acid groups (broad SMARTS) is 1. The molecule has 0 saturated carbocycles. The number of aliphatic hydroxyl groups is 1. The zero-order chi connectivity index (χ0) is 17.3. The smallest absolute Gasteiger partial charge is 0.405 e. The molecule has 0 bridgehead atoms. The normalized spacial score (nSPS) is 23.2. The Morgan fingerprint density at radius 2 is 1.92 bits per heavy atom. The van der Waals surface area contributed by atoms with E-state index in [0.717, 1.165) is 6.07 Å². The topological polar surface area (TPSA) is 82.5 Å². The molecule has 0 saturated heterocycles. The lowest BCUT2D eigenvalue weighted by molar-refractivity contribution is 0.160. The number of pyridine rings is 1. The maximum Gasteiger partial charge on any atom is 0.405 e. The van der Waals surface area contributed by atoms with E-state index in [1.54, 1.807) is 12.1 Å². The first kappa shape index (κ1) is 16.3. The molecule has 5 nitrogen and oxygen atoms in total. The lowest BCUT2D eigenvalue weighted by Gasteiger charge is -2.27. The first-order valence-corrected chi connectivity index (χ1v) is 7.55. The maximum atomic E-state index is 14.3. The number of aromatic nitrogens is 1. The van der Waals surface area contributed by atoms with Gasteiger partial charge in [0.05, 0.1) is 17.8 Å². The first-order valence-electron chi connectivity index (χ1n) is 7.55. The zero-order valence-corrected chi connectivity index (χ0v) is 12.6. The monoisotopic (exact) mass is 334 g/mol. The molecule has 24 heavy (non-hydrogen) atoms. The standard InChI is InChI=1S/C17H16F2N2O3/c18-12-5-1-3-9(14(12)19)10-6-7-13(22)16-11(4-2-8-20-16)15(10)21-17(23)24/h1-5,8,10,13,15,21-22H,6-7H2,(H,23,24)/t10-,13-,15-/m0/s1. The number of rotatable bonds is 2. The van der Waals surface area contributed by atoms with Crippen LogP contribution >= 0.6 is 0 Å². The Hall–Kier alpha value is -2.54. The van der Waals surface area contributed by atoms with Crippen molar-refractivity contribution in [3.63, 3.8) is 0 Å². The van der Waals surface area contributed by atoms with Gasteiger partial charge in [0.25, 0.3) is 0 Å². The highest BCUT2D eigenvalue weighted by Gasteiger charge is 2.35. The van der Waals surface area contributed by atoms with E-state index in [9.17, 15) is 23.8 Å². The van der Waals surface area contributed by atoms with Gasteiger partial charge in [0.1, 0.15) is 0 Å². The van der Waals surface area contributed by atoms with Crippen LogP contribution in [0.5, 0.6) is 0 Å². The third-order valence-corrected chi connectivity index (χ3v) is 4.34. The van der Waals surface area contributed by atoms with Crippen molar-refractivity contribution in [2.24, 2.45) is 0 Å². The van der Waals surface area contributed by atoms with E-state index in [1.807, 2.05) is 0 Å². The number of aliphatic hydroxyl groups excluding tert-OH is 1. The molecule has 1 aliphatic carbocycles. The van der Waals surface area contributed by atoms with Crippen molar-refractivity contribution in [3.05, 3.63) is 65.0 Å². The summed E-state index contributed by atoms with van der Waals surface area (Å²) in [6, 6.07) is 6.26. The Morgan fingerprint density at radius 1 is 1.17 bits per heavy atom. The van der Waals surface area contributed by atoms with Crippen LogP contribution < -0.4 is 5.32 Å². The number of halogens is 2. The molecule has 1 aliphatic rings. The molecule has 1 heterocycles. The Labute approximate surface area is 137 Å². The van der Waals surface area contributed by atoms with Crippen LogP contribution in [0.2, 0.25) is 0 Å². The molecular weight excluding hydrogens is 318 g/mol. The fraction of sp³-hybridized carbons (Fsp3) is 0.294. The minimum Gasteiger partial charge on any atom is -0.465 e. The molecule has 2 aromatic rings. The average molecular weight is 334 g/mol. The van der Waals surface area contributed by atoms with E-state index in [0.29, 0.717) is 11.3 Å². The lowest BCUT2D eigenvalue weighted by Crippen LogP contribution is -2.32. The van der Waals surface area contributed by atoms with Crippen molar-refractivity contribution in [2.75, 3.05) is 0 Å². The highest BCUT2D eigenvalue weighted by Crippen LogP contribution is 2.43. The van der Waals surface area contributed by atoms with Crippen LogP contribution in [0.25, 0.3) is 0 Å². The molecule has 0 radical (unpaired) electrons. The van der Waals surface area contributed by atoms with Gasteiger partial charge in [0.15, 0.2) is 11.6 Å². The molecule has 3 rings (SSSR count). The van der Waals surface area contributed by atoms with Crippen LogP contribution in [0.3, 0.4) is 0 Å². The summed E-state index contributed by atoms with van der Waals surface area (Å²) in [7, 11) is 0. The number of hydrogen-bond acceptors (Lipinski definition) is 3. The second-order valence-electron chi connectivity index (χ2n) is 5.75. The molecule has 7 heteroatoms. The third-order valence-electron chi connectivity index (χ3n) is 4.34. The highest BCUT2D eigenvalue weighted by atomic mass is 19.2. The third kappa shape index (κ3) is 2.94. The molecule has 3 atom stereocenters. The predicted molar refractivity (Wildman–Crippen MR) is 81.4 cm³/mol. The summed E-state index contributed by atoms with van der Waals surface area (Å²) in [4.78, 5) is 15.4. The van der Waals surface area contributed by atoms with Crippen molar-refractivity contribution in [2.45, 2.75) is 30.9 Å². The Morgan fingerprint density at radius 3 is 2.67 bits per heavy atom. The van der Waals surface area contributed by atoms with Gasteiger partial charge in [-0.15, -0.1) is 0 Å². The van der Waals surface area contributed by atoms with Crippen LogP contribution in [0.4, 0.5) is 13.6 Å². The highest BCUT2D eigenvalue weighted by molar-refractivity contribution is 5.65. The van der Waals surface area contributed by atoms with Crippen LogP contribution in [-0.2, 0) is 0 Å². The number of nitrogens with zero attached hydrogens (tertiary/aromatic N) is 1. The molecule has 1 amide bonds. The molecular formula is C17H16F2N2O3. The minimum absolute atomic E-state index is 0.0812. The number of benzene rings is 1. The second kappa shape index (κ2) is 6.52. The fourth-order valence-electron chi connectivity index (χ4n) is 3.28. The summed E-state index contributed by atoms with van der Waals surface area (Å²) >= 11 is 0. The molecule has 1 aromatic carbocycles. The summed E-state index contributed by atoms with van der Waals surface area (Å²) in [5, 5.41) is 21.8. The van der Waals surface area contributed by atoms with Gasteiger partial charge in [-0.25, -0.2) is 13.6 Å². The lowest BCUT2D eigenvalue weighted by atomic mass is 9.85. The molecule has 3 N–H and O–H groups in total. The van der Waals surface area contributed by atoms with Crippen LogP contribution in [0.1, 0.15) is 47.7 Å². The van der Waals surface area contributed by atoms with Crippen molar-refractivity contribution in [3.8, 4) is 0 Å². The molecule has 0 fully saturated rings. The largest absolute Gasteiger partial charge is 0.465 e. The Kier molecular flexibility index (Phi) is 4.44. The van der Waals surface area contributed by atoms with Crippen LogP contribution in [0, 0.1) is 11.6 Å². The van der Waals surface area contributed by atoms with Crippen molar-refractivity contribution < 1.29 is 23.8 Å². The van der Waals surface area contributed by atoms with E-state index in [1.165, 1.54) is 18.3 Å². The number of nitrogens with one attached hydrogen (secondary N) is 1. The quantitative estimate of drug-likeness (QED) is 0.736. The van der Waals surface area contributed by atoms with Crippen LogP contribution in [-0.4, -0.2) is 21.3 Å². The SMILES string of the molecule is O=C(O)N[C@@H]1c2cccnc2[C@@H](O)CC[C@H]1c1cccc(F)c1F. The Balaban J connectivity index is 2.14. The van der Waals surface area contributed by atoms with Gasteiger partial charge >= 0.3 is 6.09 Å². The fourth-order valence-corrected chi connectivity index (χ4v) is 3.28. The van der Waals surface area contributed by atoms with Crippen molar-refractivity contribution in [1.82, 2.24) is 10.3 Å². The summed E-state index contributed by atoms with van der Waals surface area (Å²) in [6.07, 6.45) is -0.122. The van der Waals surface area contributed by atoms with Gasteiger partial charge in [-0.2, -0.15) is 0 Å². The molecule has 0 spiro atoms. The molecule has 0 aliphatic heterocycles. The van der Waals surface area contributed by atoms with E-state index < -0.39 is 35.8 Å². The van der Waals surface area contributed by atoms with Crippen molar-refractivity contribution >= 4 is 6.09 Å². The van der Waals surface area contributed by atoms with Gasteiger partial charge in [-0.1, -0.05) is 18.2 Å². The average Bonchev–Trinajstić information content (AvgIpc) is 2.69. The maximum absolute atomic E-state index is 14.3. The summed E-state index contributed by atoms with van der Waals surface area (Å²) < 4.78 is 27.9. The summed E-state index contributed by atoms with van der Waals surface area (Å²) in [5.41, 5.74) is 0.909. The number of carbonyl (C=O) groups is 1. The van der Waals surface area contributed by atoms with Crippen molar-refractivity contribution in [1.29, 1.82) is 0 Å². The van der Waals surface area contributed by atoms with Crippen LogP contribution in [0.15, 0.2) is 36.5 Å². The van der Waals surface area contributed by atoms with Gasteiger partial charge in [0, 0.05) is 12.1 Å². The van der Waals surface area contributed by atoms with E-state index in [2.05, 4.69) is 10.3 Å². The minimum atomic E-state index is -1.28. The first-order chi connectivity index (χ1) is 11.5. The van der Waals surface area contributed by atoms with Gasteiger partial charge in [-0.05, 0) is 36.1 Å². The Bertz CT molecular complexity index is 769. The van der Waals surface area contributed by atoms with Gasteiger partial charge in [-0.3, -0.25) is 4.98 Å². The van der Waals surface area contributed by atoms with E-state index >= 15 is 0 Å². The van der Waals surface area contributed by atoms with E-state index in [4.69, 9.17) is 0 Å².